The summed E-state index contributed by atoms with van der Waals surface area (Å²) in [5.74, 6) is -0.881. The van der Waals surface area contributed by atoms with E-state index in [1.54, 1.807) is 18.2 Å². The number of nitrogens with zero attached hydrogens (tertiary/aromatic N) is 2. The molecule has 0 unspecified atom stereocenters. The van der Waals surface area contributed by atoms with Gasteiger partial charge in [0.25, 0.3) is 5.91 Å². The van der Waals surface area contributed by atoms with Gasteiger partial charge in [0.05, 0.1) is 31.9 Å². The molecular weight excluding hydrogens is 300 g/mol. The van der Waals surface area contributed by atoms with E-state index in [9.17, 15) is 14.7 Å². The summed E-state index contributed by atoms with van der Waals surface area (Å²) in [5, 5.41) is 18.9. The van der Waals surface area contributed by atoms with E-state index in [2.05, 4.69) is 0 Å². The number of amides is 1. The van der Waals surface area contributed by atoms with Gasteiger partial charge >= 0.3 is 0 Å². The molecule has 0 spiro atoms. The van der Waals surface area contributed by atoms with Crippen LogP contribution in [0.3, 0.4) is 0 Å². The van der Waals surface area contributed by atoms with Crippen molar-refractivity contribution in [3.05, 3.63) is 35.1 Å². The number of hydrogen-bond donors (Lipinski definition) is 1. The molecular formula is C16H16N2O5. The Morgan fingerprint density at radius 1 is 1.35 bits per heavy atom. The number of aliphatic hydroxyl groups excluding tert-OH is 1. The van der Waals surface area contributed by atoms with Crippen LogP contribution in [0.5, 0.6) is 11.5 Å². The molecule has 1 N–H and O–H groups in total. The van der Waals surface area contributed by atoms with Crippen LogP contribution in [0.2, 0.25) is 0 Å². The first kappa shape index (κ1) is 16.4. The highest BCUT2D eigenvalue weighted by Crippen LogP contribution is 2.40. The molecule has 1 heterocycles. The average molecular weight is 316 g/mol. The number of carbonyl (C=O) groups excluding carboxylic acids is 2. The van der Waals surface area contributed by atoms with Gasteiger partial charge in [-0.15, -0.1) is 0 Å². The van der Waals surface area contributed by atoms with Crippen molar-refractivity contribution in [2.75, 3.05) is 20.8 Å². The lowest BCUT2D eigenvalue weighted by molar-refractivity contribution is -0.128. The Balaban J connectivity index is 2.59. The van der Waals surface area contributed by atoms with Crippen molar-refractivity contribution in [1.82, 2.24) is 4.90 Å². The van der Waals surface area contributed by atoms with Gasteiger partial charge in [-0.25, -0.2) is 0 Å². The number of benzene rings is 1. The molecule has 1 atom stereocenters. The van der Waals surface area contributed by atoms with E-state index in [-0.39, 0.29) is 12.1 Å². The van der Waals surface area contributed by atoms with Gasteiger partial charge in [0, 0.05) is 0 Å². The number of carbonyl (C=O) groups is 2. The van der Waals surface area contributed by atoms with E-state index in [1.807, 2.05) is 6.07 Å². The summed E-state index contributed by atoms with van der Waals surface area (Å²) in [6, 6.07) is 5.94. The Labute approximate surface area is 133 Å². The van der Waals surface area contributed by atoms with Gasteiger partial charge in [0.2, 0.25) is 0 Å². The van der Waals surface area contributed by atoms with Crippen molar-refractivity contribution in [2.24, 2.45) is 0 Å². The Morgan fingerprint density at radius 2 is 2.00 bits per heavy atom. The second kappa shape index (κ2) is 6.40. The van der Waals surface area contributed by atoms with Crippen LogP contribution >= 0.6 is 0 Å². The lowest BCUT2D eigenvalue weighted by Gasteiger charge is -2.24. The minimum atomic E-state index is -0.834. The summed E-state index contributed by atoms with van der Waals surface area (Å²) in [7, 11) is 2.96. The van der Waals surface area contributed by atoms with Crippen molar-refractivity contribution >= 4 is 11.7 Å². The highest BCUT2D eigenvalue weighted by Gasteiger charge is 2.42. The molecule has 0 radical (unpaired) electrons. The average Bonchev–Trinajstić information content (AvgIpc) is 2.79. The van der Waals surface area contributed by atoms with Crippen LogP contribution in [0.25, 0.3) is 0 Å². The van der Waals surface area contributed by atoms with E-state index < -0.39 is 23.5 Å². The second-order valence-corrected chi connectivity index (χ2v) is 4.93. The van der Waals surface area contributed by atoms with Crippen LogP contribution in [-0.4, -0.2) is 42.5 Å². The van der Waals surface area contributed by atoms with Crippen LogP contribution in [0, 0.1) is 11.3 Å². The molecule has 1 aromatic carbocycles. The van der Waals surface area contributed by atoms with Gasteiger partial charge in [-0.3, -0.25) is 9.59 Å². The Kier molecular flexibility index (Phi) is 4.55. The standard InChI is InChI=1S/C16H16N2O5/c1-9(19)13-14(18(7-6-17)16(21)15(13)20)10-4-5-11(22-2)12(8-10)23-3/h4-5,8,14,20H,7H2,1-3H3/t14-/m1/s1. The molecule has 1 aliphatic heterocycles. The molecule has 0 aliphatic carbocycles. The first-order valence-electron chi connectivity index (χ1n) is 6.80. The maximum absolute atomic E-state index is 12.1. The second-order valence-electron chi connectivity index (χ2n) is 4.93. The first-order chi connectivity index (χ1) is 11.0. The molecule has 0 saturated heterocycles. The molecule has 7 nitrogen and oxygen atoms in total. The minimum Gasteiger partial charge on any atom is -0.503 e. The summed E-state index contributed by atoms with van der Waals surface area (Å²) in [4.78, 5) is 25.2. The minimum absolute atomic E-state index is 0.0301. The van der Waals surface area contributed by atoms with Gasteiger partial charge < -0.3 is 19.5 Å². The van der Waals surface area contributed by atoms with Crippen molar-refractivity contribution in [2.45, 2.75) is 13.0 Å². The number of methoxy groups -OCH3 is 2. The lowest BCUT2D eigenvalue weighted by Crippen LogP contribution is -2.31. The predicted molar refractivity (Wildman–Crippen MR) is 79.9 cm³/mol. The maximum Gasteiger partial charge on any atom is 0.290 e. The first-order valence-corrected chi connectivity index (χ1v) is 6.80. The van der Waals surface area contributed by atoms with E-state index >= 15 is 0 Å². The van der Waals surface area contributed by atoms with Gasteiger partial charge in [0.1, 0.15) is 6.54 Å². The third-order valence-corrected chi connectivity index (χ3v) is 3.65. The van der Waals surface area contributed by atoms with Crippen LogP contribution < -0.4 is 9.47 Å². The molecule has 0 bridgehead atoms. The van der Waals surface area contributed by atoms with Crippen LogP contribution in [0.4, 0.5) is 0 Å². The monoisotopic (exact) mass is 316 g/mol. The number of aliphatic hydroxyl groups is 1. The van der Waals surface area contributed by atoms with Gasteiger partial charge in [0.15, 0.2) is 23.0 Å². The van der Waals surface area contributed by atoms with Gasteiger partial charge in [-0.2, -0.15) is 5.26 Å². The molecule has 0 fully saturated rings. The summed E-state index contributed by atoms with van der Waals surface area (Å²) < 4.78 is 10.4. The highest BCUT2D eigenvalue weighted by molar-refractivity contribution is 6.08. The number of hydrogen-bond acceptors (Lipinski definition) is 6. The number of nitriles is 1. The summed E-state index contributed by atoms with van der Waals surface area (Å²) in [6.07, 6.45) is 0. The molecule has 2 rings (SSSR count). The lowest BCUT2D eigenvalue weighted by atomic mass is 9.96. The number of rotatable bonds is 5. The molecule has 0 saturated carbocycles. The fraction of sp³-hybridized carbons (Fsp3) is 0.312. The van der Waals surface area contributed by atoms with Crippen molar-refractivity contribution in [1.29, 1.82) is 5.26 Å². The number of ether oxygens (including phenoxy) is 2. The Hall–Kier alpha value is -3.01. The third kappa shape index (κ3) is 2.71. The van der Waals surface area contributed by atoms with Crippen LogP contribution in [0.1, 0.15) is 18.5 Å². The quantitative estimate of drug-likeness (QED) is 0.827. The smallest absolute Gasteiger partial charge is 0.290 e. The third-order valence-electron chi connectivity index (χ3n) is 3.65. The number of Topliss-reactive ketones (excluding diaryl/α,β-unsaturated/α-hetero) is 1. The number of ketones is 1. The van der Waals surface area contributed by atoms with Crippen molar-refractivity contribution in [3.8, 4) is 17.6 Å². The predicted octanol–water partition coefficient (Wildman–Crippen LogP) is 1.51. The zero-order valence-electron chi connectivity index (χ0n) is 13.0. The normalized spacial score (nSPS) is 17.2. The molecule has 1 aliphatic rings. The zero-order chi connectivity index (χ0) is 17.1. The highest BCUT2D eigenvalue weighted by atomic mass is 16.5. The van der Waals surface area contributed by atoms with E-state index in [0.29, 0.717) is 17.1 Å². The molecule has 7 heteroatoms. The molecule has 0 aromatic heterocycles. The Morgan fingerprint density at radius 3 is 2.52 bits per heavy atom. The summed E-state index contributed by atoms with van der Waals surface area (Å²) in [6.45, 7) is 1.02. The fourth-order valence-corrected chi connectivity index (χ4v) is 2.62. The van der Waals surface area contributed by atoms with E-state index in [4.69, 9.17) is 14.7 Å². The zero-order valence-corrected chi connectivity index (χ0v) is 13.0. The van der Waals surface area contributed by atoms with Gasteiger partial charge in [-0.05, 0) is 24.6 Å². The summed E-state index contributed by atoms with van der Waals surface area (Å²) >= 11 is 0. The topological polar surface area (TPSA) is 99.9 Å². The van der Waals surface area contributed by atoms with Crippen LogP contribution in [0.15, 0.2) is 29.5 Å². The molecule has 1 amide bonds. The van der Waals surface area contributed by atoms with E-state index in [0.717, 1.165) is 4.90 Å². The van der Waals surface area contributed by atoms with E-state index in [1.165, 1.54) is 21.1 Å². The summed E-state index contributed by atoms with van der Waals surface area (Å²) in [5.41, 5.74) is 0.512. The molecule has 120 valence electrons. The van der Waals surface area contributed by atoms with Crippen molar-refractivity contribution in [3.63, 3.8) is 0 Å². The molecule has 1 aromatic rings. The van der Waals surface area contributed by atoms with Crippen LogP contribution in [-0.2, 0) is 9.59 Å². The fourth-order valence-electron chi connectivity index (χ4n) is 2.62. The maximum atomic E-state index is 12.1. The van der Waals surface area contributed by atoms with Crippen molar-refractivity contribution < 1.29 is 24.2 Å². The largest absolute Gasteiger partial charge is 0.503 e. The van der Waals surface area contributed by atoms with Gasteiger partial charge in [-0.1, -0.05) is 6.07 Å². The Bertz CT molecular complexity index is 732. The molecule has 23 heavy (non-hydrogen) atoms. The SMILES string of the molecule is COc1ccc([C@@H]2C(C(C)=O)=C(O)C(=O)N2CC#N)cc1OC.